The van der Waals surface area contributed by atoms with Crippen LogP contribution in [0, 0.1) is 0 Å². The third kappa shape index (κ3) is 6.10. The van der Waals surface area contributed by atoms with Crippen molar-refractivity contribution in [1.82, 2.24) is 19.5 Å². The van der Waals surface area contributed by atoms with Crippen molar-refractivity contribution in [3.05, 3.63) is 120 Å². The molecule has 0 radical (unpaired) electrons. The van der Waals surface area contributed by atoms with Gasteiger partial charge in [0.1, 0.15) is 23.5 Å². The SMILES string of the molecule is CC(=O)O[C@H]1[C@@H](OS(=O)(=O)C(F)(F)F)[C@H](n2cnc3c(N)ncnc32)O[C@@H]1COC(c1ccccc1)(c1ccccc1)c1ccccc1. The van der Waals surface area contributed by atoms with Crippen molar-refractivity contribution in [2.75, 3.05) is 12.3 Å². The molecule has 5 aromatic rings. The molecule has 0 aliphatic carbocycles. The van der Waals surface area contributed by atoms with Crippen LogP contribution in [0.25, 0.3) is 11.2 Å². The van der Waals surface area contributed by atoms with Crippen LogP contribution in [0.3, 0.4) is 0 Å². The van der Waals surface area contributed by atoms with E-state index in [4.69, 9.17) is 24.1 Å². The summed E-state index contributed by atoms with van der Waals surface area (Å²) in [6.45, 7) is 0.589. The molecule has 16 heteroatoms. The molecule has 6 rings (SSSR count). The zero-order chi connectivity index (χ0) is 34.1. The Bertz CT molecular complexity index is 1900. The molecular formula is C32H28F3N5O7S. The molecule has 2 N–H and O–H groups in total. The van der Waals surface area contributed by atoms with E-state index in [0.29, 0.717) is 16.7 Å². The molecule has 0 amide bonds. The van der Waals surface area contributed by atoms with E-state index in [-0.39, 0.29) is 17.0 Å². The van der Waals surface area contributed by atoms with Gasteiger partial charge in [0.15, 0.2) is 29.9 Å². The van der Waals surface area contributed by atoms with E-state index in [2.05, 4.69) is 15.0 Å². The van der Waals surface area contributed by atoms with Crippen molar-refractivity contribution in [1.29, 1.82) is 0 Å². The van der Waals surface area contributed by atoms with E-state index in [1.807, 2.05) is 91.0 Å². The number of alkyl halides is 3. The summed E-state index contributed by atoms with van der Waals surface area (Å²) >= 11 is 0. The van der Waals surface area contributed by atoms with E-state index < -0.39 is 58.3 Å². The fraction of sp³-hybridized carbons (Fsp3) is 0.250. The highest BCUT2D eigenvalue weighted by molar-refractivity contribution is 7.87. The third-order valence-electron chi connectivity index (χ3n) is 7.78. The zero-order valence-corrected chi connectivity index (χ0v) is 25.9. The van der Waals surface area contributed by atoms with E-state index in [0.717, 1.165) is 24.1 Å². The van der Waals surface area contributed by atoms with Gasteiger partial charge in [-0.2, -0.15) is 21.6 Å². The highest BCUT2D eigenvalue weighted by atomic mass is 32.2. The van der Waals surface area contributed by atoms with Crippen LogP contribution >= 0.6 is 0 Å². The second-order valence-electron chi connectivity index (χ2n) is 10.8. The summed E-state index contributed by atoms with van der Waals surface area (Å²) < 4.78 is 90.2. The van der Waals surface area contributed by atoms with Gasteiger partial charge in [-0.05, 0) is 16.7 Å². The van der Waals surface area contributed by atoms with Gasteiger partial charge in [0.2, 0.25) is 0 Å². The Morgan fingerprint density at radius 3 is 1.92 bits per heavy atom. The van der Waals surface area contributed by atoms with Gasteiger partial charge >= 0.3 is 21.6 Å². The molecule has 1 saturated heterocycles. The van der Waals surface area contributed by atoms with Crippen LogP contribution in [0.5, 0.6) is 0 Å². The van der Waals surface area contributed by atoms with Gasteiger partial charge in [-0.15, -0.1) is 0 Å². The van der Waals surface area contributed by atoms with Crippen LogP contribution in [-0.2, 0) is 38.9 Å². The molecule has 12 nitrogen and oxygen atoms in total. The van der Waals surface area contributed by atoms with Crippen molar-refractivity contribution in [2.45, 2.75) is 42.6 Å². The first-order chi connectivity index (χ1) is 22.9. The van der Waals surface area contributed by atoms with Gasteiger partial charge in [-0.1, -0.05) is 91.0 Å². The smallest absolute Gasteiger partial charge is 0.457 e. The monoisotopic (exact) mass is 683 g/mol. The molecule has 1 aliphatic heterocycles. The number of carbonyl (C=O) groups is 1. The average molecular weight is 684 g/mol. The number of ether oxygens (including phenoxy) is 3. The summed E-state index contributed by atoms with van der Waals surface area (Å²) in [4.78, 5) is 24.5. The van der Waals surface area contributed by atoms with Gasteiger partial charge in [0.05, 0.1) is 12.9 Å². The molecule has 2 aromatic heterocycles. The maximum atomic E-state index is 13.7. The number of halogens is 3. The van der Waals surface area contributed by atoms with E-state index >= 15 is 0 Å². The van der Waals surface area contributed by atoms with Crippen molar-refractivity contribution >= 4 is 33.1 Å². The minimum Gasteiger partial charge on any atom is -0.457 e. The molecule has 0 saturated carbocycles. The van der Waals surface area contributed by atoms with Crippen LogP contribution in [0.4, 0.5) is 19.0 Å². The lowest BCUT2D eigenvalue weighted by molar-refractivity contribution is -0.155. The first-order valence-corrected chi connectivity index (χ1v) is 15.9. The topological polar surface area (TPSA) is 158 Å². The minimum atomic E-state index is -6.23. The highest BCUT2D eigenvalue weighted by Gasteiger charge is 2.57. The molecule has 3 aromatic carbocycles. The molecule has 0 spiro atoms. The summed E-state index contributed by atoms with van der Waals surface area (Å²) in [5.74, 6) is -0.985. The lowest BCUT2D eigenvalue weighted by atomic mass is 9.80. The van der Waals surface area contributed by atoms with Gasteiger partial charge in [0, 0.05) is 6.92 Å². The van der Waals surface area contributed by atoms with Crippen LogP contribution in [0.2, 0.25) is 0 Å². The van der Waals surface area contributed by atoms with Gasteiger partial charge in [-0.25, -0.2) is 15.0 Å². The predicted molar refractivity (Wildman–Crippen MR) is 164 cm³/mol. The number of anilines is 1. The van der Waals surface area contributed by atoms with Crippen molar-refractivity contribution in [3.63, 3.8) is 0 Å². The van der Waals surface area contributed by atoms with Crippen molar-refractivity contribution in [3.8, 4) is 0 Å². The normalized spacial score (nSPS) is 20.2. The second kappa shape index (κ2) is 13.0. The van der Waals surface area contributed by atoms with Gasteiger partial charge in [-0.3, -0.25) is 13.5 Å². The number of benzene rings is 3. The first-order valence-electron chi connectivity index (χ1n) is 14.5. The number of nitrogens with zero attached hydrogens (tertiary/aromatic N) is 4. The minimum absolute atomic E-state index is 0.000790. The number of hydrogen-bond donors (Lipinski definition) is 1. The number of carbonyl (C=O) groups excluding carboxylic acids is 1. The van der Waals surface area contributed by atoms with Gasteiger partial charge < -0.3 is 19.9 Å². The molecule has 250 valence electrons. The molecule has 1 aliphatic rings. The predicted octanol–water partition coefficient (Wildman–Crippen LogP) is 4.48. The number of aromatic nitrogens is 4. The quantitative estimate of drug-likeness (QED) is 0.0958. The van der Waals surface area contributed by atoms with Crippen LogP contribution in [0.1, 0.15) is 29.8 Å². The number of imidazole rings is 1. The second-order valence-corrected chi connectivity index (χ2v) is 12.3. The Labute approximate surface area is 272 Å². The summed E-state index contributed by atoms with van der Waals surface area (Å²) in [5.41, 5.74) is 0.945. The molecule has 0 bridgehead atoms. The maximum Gasteiger partial charge on any atom is 0.523 e. The van der Waals surface area contributed by atoms with Crippen LogP contribution < -0.4 is 5.73 Å². The molecule has 3 heterocycles. The fourth-order valence-electron chi connectivity index (χ4n) is 5.74. The zero-order valence-electron chi connectivity index (χ0n) is 25.1. The Kier molecular flexibility index (Phi) is 8.91. The van der Waals surface area contributed by atoms with E-state index in [9.17, 15) is 26.4 Å². The number of fused-ring (bicyclic) bond motifs is 1. The summed E-state index contributed by atoms with van der Waals surface area (Å²) in [6.07, 6.45) is -4.61. The molecule has 48 heavy (non-hydrogen) atoms. The molecule has 1 fully saturated rings. The third-order valence-corrected chi connectivity index (χ3v) is 8.82. The van der Waals surface area contributed by atoms with Crippen molar-refractivity contribution in [2.24, 2.45) is 0 Å². The van der Waals surface area contributed by atoms with Crippen LogP contribution in [0.15, 0.2) is 104 Å². The van der Waals surface area contributed by atoms with Crippen LogP contribution in [-0.4, -0.2) is 64.3 Å². The summed E-state index contributed by atoms with van der Waals surface area (Å²) in [6, 6.07) is 27.6. The maximum absolute atomic E-state index is 13.7. The number of hydrogen-bond acceptors (Lipinski definition) is 11. The summed E-state index contributed by atoms with van der Waals surface area (Å²) in [5, 5.41) is 0. The standard InChI is InChI=1S/C32H28F3N5O7S/c1-20(41)45-26-24(17-44-31(21-11-5-2-6-12-21,22-13-7-3-8-14-22)23-15-9-4-10-16-23)46-30(27(26)47-48(42,43)32(33,34)35)40-19-39-25-28(36)37-18-38-29(25)40/h2-16,18-19,24,26-27,30H,17H2,1H3,(H2,36,37,38)/t24-,26-,27-,30-/m1/s1. The lowest BCUT2D eigenvalue weighted by Crippen LogP contribution is -2.44. The number of esters is 1. The highest BCUT2D eigenvalue weighted by Crippen LogP contribution is 2.43. The number of rotatable bonds is 10. The Morgan fingerprint density at radius 1 is 0.875 bits per heavy atom. The lowest BCUT2D eigenvalue weighted by Gasteiger charge is -2.37. The van der Waals surface area contributed by atoms with Gasteiger partial charge in [0.25, 0.3) is 0 Å². The molecule has 4 atom stereocenters. The molecule has 0 unspecified atom stereocenters. The summed E-state index contributed by atoms with van der Waals surface area (Å²) in [7, 11) is -6.23. The Morgan fingerprint density at radius 2 is 1.42 bits per heavy atom. The van der Waals surface area contributed by atoms with E-state index in [1.165, 1.54) is 0 Å². The Hall–Kier alpha value is -4.90. The average Bonchev–Trinajstić information content (AvgIpc) is 3.64. The van der Waals surface area contributed by atoms with E-state index in [1.54, 1.807) is 0 Å². The number of nitrogens with two attached hydrogens (primary N) is 1. The fourth-order valence-corrected chi connectivity index (χ4v) is 6.34. The van der Waals surface area contributed by atoms with Crippen molar-refractivity contribution < 1.29 is 44.8 Å². The Balaban J connectivity index is 1.47. The largest absolute Gasteiger partial charge is 0.523 e. The number of nitrogen functional groups attached to an aromatic ring is 1. The first kappa shape index (κ1) is 33.0. The molecular weight excluding hydrogens is 655 g/mol.